The monoisotopic (exact) mass is 308 g/mol. The van der Waals surface area contributed by atoms with Crippen LogP contribution < -0.4 is 113 Å². The minimum atomic E-state index is -4.68. The maximum Gasteiger partial charge on any atom is 1.00 e. The maximum atomic E-state index is 10.7. The van der Waals surface area contributed by atoms with Gasteiger partial charge in [-0.05, 0) is 12.1 Å². The van der Waals surface area contributed by atoms with Gasteiger partial charge in [0.2, 0.25) is 0 Å². The molecule has 0 saturated carbocycles. The fourth-order valence-corrected chi connectivity index (χ4v) is 1.62. The van der Waals surface area contributed by atoms with Crippen LogP contribution in [0.25, 0.3) is 0 Å². The van der Waals surface area contributed by atoms with Crippen LogP contribution in [0.1, 0.15) is 10.4 Å². The van der Waals surface area contributed by atoms with Gasteiger partial charge < -0.3 is 19.2 Å². The van der Waals surface area contributed by atoms with Gasteiger partial charge in [0.15, 0.2) is 0 Å². The number of carboxylic acid groups (broad SMARTS) is 1. The summed E-state index contributed by atoms with van der Waals surface area (Å²) in [4.78, 5) is 9.83. The van der Waals surface area contributed by atoms with E-state index in [4.69, 9.17) is 0 Å². The molecule has 1 aromatic carbocycles. The number of methoxy groups -OCH3 is 1. The number of hydrogen-bond donors (Lipinski definition) is 0. The zero-order valence-corrected chi connectivity index (χ0v) is 16.7. The molecule has 0 spiro atoms. The summed E-state index contributed by atoms with van der Waals surface area (Å²) < 4.78 is 36.7. The van der Waals surface area contributed by atoms with Crippen LogP contribution in [0.4, 0.5) is 0 Å². The first-order valence-corrected chi connectivity index (χ1v) is 5.12. The second-order valence-corrected chi connectivity index (χ2v) is 3.96. The Kier molecular flexibility index (Phi) is 10.8. The molecule has 0 unspecified atom stereocenters. The summed E-state index contributed by atoms with van der Waals surface area (Å²) in [7, 11) is -3.55. The third-order valence-electron chi connectivity index (χ3n) is 1.67. The van der Waals surface area contributed by atoms with Crippen LogP contribution in [0.15, 0.2) is 23.1 Å². The second-order valence-electron chi connectivity index (χ2n) is 2.61. The summed E-state index contributed by atoms with van der Waals surface area (Å²) in [6, 6.07) is 2.75. The van der Waals surface area contributed by atoms with Crippen LogP contribution in [-0.2, 0) is 10.1 Å². The smallest absolute Gasteiger partial charge is 0.744 e. The van der Waals surface area contributed by atoms with Crippen molar-refractivity contribution in [3.05, 3.63) is 23.8 Å². The standard InChI is InChI=1S/C8H8O6S.2K/c1-14-6-4-5(8(9)10)2-3-7(6)15(11,12)13;;/h2-4H,1H3,(H,9,10)(H,11,12,13);;/q;2*+1/p-2. The molecule has 82 valence electrons. The van der Waals surface area contributed by atoms with E-state index in [1.165, 1.54) is 0 Å². The molecule has 0 bridgehead atoms. The van der Waals surface area contributed by atoms with Gasteiger partial charge in [-0.3, -0.25) is 0 Å². The molecule has 0 amide bonds. The van der Waals surface area contributed by atoms with Crippen molar-refractivity contribution in [3.63, 3.8) is 0 Å². The molecule has 17 heavy (non-hydrogen) atoms. The van der Waals surface area contributed by atoms with E-state index in [1.807, 2.05) is 0 Å². The van der Waals surface area contributed by atoms with Crippen molar-refractivity contribution in [3.8, 4) is 5.75 Å². The van der Waals surface area contributed by atoms with Crippen molar-refractivity contribution in [2.45, 2.75) is 4.90 Å². The number of benzene rings is 1. The predicted molar refractivity (Wildman–Crippen MR) is 45.3 cm³/mol. The molecule has 9 heteroatoms. The summed E-state index contributed by atoms with van der Waals surface area (Å²) in [5.74, 6) is -1.80. The summed E-state index contributed by atoms with van der Waals surface area (Å²) in [6.07, 6.45) is 0. The molecule has 0 aliphatic carbocycles. The van der Waals surface area contributed by atoms with Crippen LogP contribution in [-0.4, -0.2) is 26.0 Å². The molecule has 0 heterocycles. The van der Waals surface area contributed by atoms with Crippen molar-refractivity contribution >= 4 is 16.1 Å². The SMILES string of the molecule is COc1cc(C(=O)[O-])ccc1S(=O)(=O)[O-].[K+].[K+]. The number of carbonyl (C=O) groups excluding carboxylic acids is 1. The molecule has 0 saturated heterocycles. The summed E-state index contributed by atoms with van der Waals surface area (Å²) in [5.41, 5.74) is -0.265. The molecule has 0 atom stereocenters. The molecule has 0 N–H and O–H groups in total. The minimum absolute atomic E-state index is 0. The Bertz CT molecular complexity index is 499. The van der Waals surface area contributed by atoms with E-state index in [1.54, 1.807) is 0 Å². The first kappa shape index (κ1) is 21.0. The van der Waals surface area contributed by atoms with Crippen molar-refractivity contribution in [2.75, 3.05) is 7.11 Å². The van der Waals surface area contributed by atoms with Gasteiger partial charge in [-0.2, -0.15) is 0 Å². The molecule has 1 rings (SSSR count). The Hall–Kier alpha value is 1.67. The molecule has 1 aromatic rings. The topological polar surface area (TPSA) is 107 Å². The first-order valence-electron chi connectivity index (χ1n) is 3.71. The van der Waals surface area contributed by atoms with Crippen molar-refractivity contribution in [2.24, 2.45) is 0 Å². The molecular weight excluding hydrogens is 302 g/mol. The summed E-state index contributed by atoms with van der Waals surface area (Å²) in [5, 5.41) is 10.4. The minimum Gasteiger partial charge on any atom is -0.744 e. The van der Waals surface area contributed by atoms with Crippen molar-refractivity contribution < 1.29 is 130 Å². The fourth-order valence-electron chi connectivity index (χ4n) is 1.00. The van der Waals surface area contributed by atoms with Crippen LogP contribution in [0.3, 0.4) is 0 Å². The van der Waals surface area contributed by atoms with Gasteiger partial charge in [-0.15, -0.1) is 0 Å². The Balaban J connectivity index is 0. The number of hydrogen-bond acceptors (Lipinski definition) is 6. The zero-order valence-electron chi connectivity index (χ0n) is 9.59. The molecule has 6 nitrogen and oxygen atoms in total. The van der Waals surface area contributed by atoms with Crippen molar-refractivity contribution in [1.29, 1.82) is 0 Å². The van der Waals surface area contributed by atoms with Crippen LogP contribution >= 0.6 is 0 Å². The van der Waals surface area contributed by atoms with Gasteiger partial charge in [-0.25, -0.2) is 8.42 Å². The number of aromatic carboxylic acids is 1. The Morgan fingerprint density at radius 1 is 1.29 bits per heavy atom. The molecule has 0 aromatic heterocycles. The molecular formula is C8H6K2O6S. The van der Waals surface area contributed by atoms with Gasteiger partial charge in [-0.1, -0.05) is 6.07 Å². The summed E-state index contributed by atoms with van der Waals surface area (Å²) in [6.45, 7) is 0. The van der Waals surface area contributed by atoms with E-state index in [0.29, 0.717) is 0 Å². The molecule has 0 aliphatic heterocycles. The van der Waals surface area contributed by atoms with Crippen LogP contribution in [0.5, 0.6) is 5.75 Å². The molecule has 0 aliphatic rings. The Morgan fingerprint density at radius 3 is 2.18 bits per heavy atom. The van der Waals surface area contributed by atoms with E-state index in [9.17, 15) is 22.9 Å². The quantitative estimate of drug-likeness (QED) is 0.406. The van der Waals surface area contributed by atoms with Crippen LogP contribution in [0, 0.1) is 0 Å². The van der Waals surface area contributed by atoms with Gasteiger partial charge in [0, 0.05) is 5.56 Å². The number of ether oxygens (including phenoxy) is 1. The van der Waals surface area contributed by atoms with E-state index >= 15 is 0 Å². The van der Waals surface area contributed by atoms with E-state index in [2.05, 4.69) is 4.74 Å². The maximum absolute atomic E-state index is 10.7. The Morgan fingerprint density at radius 2 is 1.82 bits per heavy atom. The number of rotatable bonds is 3. The van der Waals surface area contributed by atoms with Gasteiger partial charge in [0.05, 0.1) is 18.0 Å². The zero-order chi connectivity index (χ0) is 11.6. The van der Waals surface area contributed by atoms with Gasteiger partial charge in [0.25, 0.3) is 0 Å². The third kappa shape index (κ3) is 6.10. The predicted octanol–water partition coefficient (Wildman–Crippen LogP) is -7.03. The number of carboxylic acids is 1. The average molecular weight is 308 g/mol. The third-order valence-corrected chi connectivity index (χ3v) is 2.54. The summed E-state index contributed by atoms with van der Waals surface area (Å²) >= 11 is 0. The largest absolute Gasteiger partial charge is 1.00 e. The Labute approximate surface area is 184 Å². The normalized spacial score (nSPS) is 9.76. The number of carbonyl (C=O) groups is 1. The first-order chi connectivity index (χ1) is 6.86. The van der Waals surface area contributed by atoms with E-state index in [0.717, 1.165) is 25.3 Å². The van der Waals surface area contributed by atoms with Crippen LogP contribution in [0.2, 0.25) is 0 Å². The second kappa shape index (κ2) is 8.77. The van der Waals surface area contributed by atoms with E-state index < -0.39 is 21.0 Å². The molecule has 0 radical (unpaired) electrons. The van der Waals surface area contributed by atoms with Gasteiger partial charge >= 0.3 is 103 Å². The average Bonchev–Trinajstić information content (AvgIpc) is 2.15. The van der Waals surface area contributed by atoms with Crippen molar-refractivity contribution in [1.82, 2.24) is 0 Å². The molecule has 0 fully saturated rings. The fraction of sp³-hybridized carbons (Fsp3) is 0.125. The van der Waals surface area contributed by atoms with Gasteiger partial charge in [0.1, 0.15) is 15.9 Å². The van der Waals surface area contributed by atoms with E-state index in [-0.39, 0.29) is 114 Å².